The van der Waals surface area contributed by atoms with Gasteiger partial charge in [0.15, 0.2) is 11.2 Å². The van der Waals surface area contributed by atoms with E-state index in [0.29, 0.717) is 15.9 Å². The van der Waals surface area contributed by atoms with Crippen LogP contribution >= 0.6 is 23.2 Å². The molecule has 0 aliphatic rings. The minimum absolute atomic E-state index is 0.220. The SMILES string of the molecule is CC(NC(=O)c1[nH]c(-c2cccc(Cl)c2)c2cccc[n+]12)c1ccccc1Cl. The number of nitrogens with one attached hydrogen (secondary N) is 2. The van der Waals surface area contributed by atoms with Gasteiger partial charge in [-0.05, 0) is 42.8 Å². The maximum atomic E-state index is 13.0. The van der Waals surface area contributed by atoms with E-state index in [4.69, 9.17) is 23.2 Å². The fourth-order valence-corrected chi connectivity index (χ4v) is 3.77. The molecule has 4 nitrogen and oxygen atoms in total. The Morgan fingerprint density at radius 3 is 2.61 bits per heavy atom. The van der Waals surface area contributed by atoms with Gasteiger partial charge in [0.1, 0.15) is 0 Å². The summed E-state index contributed by atoms with van der Waals surface area (Å²) in [4.78, 5) is 16.3. The van der Waals surface area contributed by atoms with E-state index in [-0.39, 0.29) is 11.9 Å². The minimum atomic E-state index is -0.238. The molecule has 2 heterocycles. The Balaban J connectivity index is 1.73. The summed E-state index contributed by atoms with van der Waals surface area (Å²) in [5.74, 6) is 0.214. The van der Waals surface area contributed by atoms with E-state index in [1.54, 1.807) is 0 Å². The molecule has 6 heteroatoms. The molecule has 0 fully saturated rings. The molecule has 1 amide bonds. The largest absolute Gasteiger partial charge is 0.351 e. The molecule has 0 aliphatic heterocycles. The molecule has 0 aliphatic carbocycles. The summed E-state index contributed by atoms with van der Waals surface area (Å²) < 4.78 is 1.84. The lowest BCUT2D eigenvalue weighted by Gasteiger charge is -2.13. The van der Waals surface area contributed by atoms with Gasteiger partial charge in [-0.1, -0.05) is 59.6 Å². The molecule has 1 atom stereocenters. The van der Waals surface area contributed by atoms with Gasteiger partial charge in [-0.2, -0.15) is 4.40 Å². The number of amides is 1. The number of H-pyrrole nitrogens is 1. The number of hydrogen-bond donors (Lipinski definition) is 2. The van der Waals surface area contributed by atoms with Crippen molar-refractivity contribution in [3.63, 3.8) is 0 Å². The molecular weight excluding hydrogens is 393 g/mol. The number of hydrogen-bond acceptors (Lipinski definition) is 1. The summed E-state index contributed by atoms with van der Waals surface area (Å²) in [6.45, 7) is 1.91. The summed E-state index contributed by atoms with van der Waals surface area (Å²) in [5, 5.41) is 4.28. The number of carbonyl (C=O) groups excluding carboxylic acids is 1. The minimum Gasteiger partial charge on any atom is -0.339 e. The number of aromatic amines is 1. The Labute approximate surface area is 172 Å². The van der Waals surface area contributed by atoms with Gasteiger partial charge in [0.05, 0.1) is 12.2 Å². The van der Waals surface area contributed by atoms with Crippen LogP contribution in [-0.2, 0) is 0 Å². The zero-order chi connectivity index (χ0) is 19.7. The molecule has 1 unspecified atom stereocenters. The van der Waals surface area contributed by atoms with Gasteiger partial charge in [-0.3, -0.25) is 4.79 Å². The lowest BCUT2D eigenvalue weighted by atomic mass is 10.1. The summed E-state index contributed by atoms with van der Waals surface area (Å²) in [6.07, 6.45) is 1.86. The van der Waals surface area contributed by atoms with Crippen molar-refractivity contribution in [2.24, 2.45) is 0 Å². The van der Waals surface area contributed by atoms with Crippen molar-refractivity contribution < 1.29 is 9.20 Å². The number of nitrogens with zero attached hydrogens (tertiary/aromatic N) is 1. The van der Waals surface area contributed by atoms with Gasteiger partial charge in [0, 0.05) is 15.6 Å². The van der Waals surface area contributed by atoms with Crippen molar-refractivity contribution in [3.8, 4) is 11.3 Å². The second kappa shape index (κ2) is 7.66. The van der Waals surface area contributed by atoms with Crippen LogP contribution in [0.25, 0.3) is 16.8 Å². The van der Waals surface area contributed by atoms with Crippen LogP contribution in [0.15, 0.2) is 72.9 Å². The van der Waals surface area contributed by atoms with E-state index in [0.717, 1.165) is 22.3 Å². The monoisotopic (exact) mass is 410 g/mol. The number of benzene rings is 2. The van der Waals surface area contributed by atoms with E-state index < -0.39 is 0 Å². The van der Waals surface area contributed by atoms with Crippen molar-refractivity contribution in [1.82, 2.24) is 10.3 Å². The number of fused-ring (bicyclic) bond motifs is 1. The van der Waals surface area contributed by atoms with Crippen LogP contribution in [0.2, 0.25) is 10.0 Å². The van der Waals surface area contributed by atoms with E-state index in [9.17, 15) is 4.79 Å². The van der Waals surface area contributed by atoms with Gasteiger partial charge in [0.2, 0.25) is 0 Å². The van der Waals surface area contributed by atoms with Crippen molar-refractivity contribution >= 4 is 34.6 Å². The first-order chi connectivity index (χ1) is 13.5. The third-order valence-corrected chi connectivity index (χ3v) is 5.23. The maximum Gasteiger partial charge on any atom is 0.351 e. The van der Waals surface area contributed by atoms with Crippen molar-refractivity contribution in [2.45, 2.75) is 13.0 Å². The van der Waals surface area contributed by atoms with Crippen LogP contribution in [0, 0.1) is 0 Å². The summed E-state index contributed by atoms with van der Waals surface area (Å²) in [7, 11) is 0. The first-order valence-electron chi connectivity index (χ1n) is 8.88. The number of aromatic nitrogens is 2. The van der Waals surface area contributed by atoms with E-state index >= 15 is 0 Å². The highest BCUT2D eigenvalue weighted by Gasteiger charge is 2.26. The lowest BCUT2D eigenvalue weighted by Crippen LogP contribution is -2.36. The summed E-state index contributed by atoms with van der Waals surface area (Å²) in [5.41, 5.74) is 3.50. The fraction of sp³-hybridized carbons (Fsp3) is 0.0909. The number of pyridine rings is 1. The van der Waals surface area contributed by atoms with Crippen LogP contribution in [-0.4, -0.2) is 10.9 Å². The fourth-order valence-electron chi connectivity index (χ4n) is 3.28. The second-order valence-electron chi connectivity index (χ2n) is 6.53. The topological polar surface area (TPSA) is 49.0 Å². The Hall–Kier alpha value is -2.82. The number of halogens is 2. The third kappa shape index (κ3) is 3.49. The molecule has 2 aromatic carbocycles. The Morgan fingerprint density at radius 2 is 1.82 bits per heavy atom. The van der Waals surface area contributed by atoms with Crippen LogP contribution < -0.4 is 9.72 Å². The average Bonchev–Trinajstić information content (AvgIpc) is 3.08. The first kappa shape index (κ1) is 18.5. The molecule has 28 heavy (non-hydrogen) atoms. The molecule has 0 radical (unpaired) electrons. The van der Waals surface area contributed by atoms with Crippen LogP contribution in [0.3, 0.4) is 0 Å². The van der Waals surface area contributed by atoms with E-state index in [1.165, 1.54) is 0 Å². The van der Waals surface area contributed by atoms with Crippen molar-refractivity contribution in [1.29, 1.82) is 0 Å². The highest BCUT2D eigenvalue weighted by Crippen LogP contribution is 2.25. The van der Waals surface area contributed by atoms with Crippen LogP contribution in [0.1, 0.15) is 29.1 Å². The summed E-state index contributed by atoms with van der Waals surface area (Å²) >= 11 is 12.4. The molecule has 4 aromatic rings. The average molecular weight is 411 g/mol. The number of rotatable bonds is 4. The van der Waals surface area contributed by atoms with Crippen molar-refractivity contribution in [2.75, 3.05) is 0 Å². The Bertz CT molecular complexity index is 1170. The molecule has 0 spiro atoms. The maximum absolute atomic E-state index is 13.0. The smallest absolute Gasteiger partial charge is 0.339 e. The highest BCUT2D eigenvalue weighted by atomic mass is 35.5. The van der Waals surface area contributed by atoms with Gasteiger partial charge < -0.3 is 5.32 Å². The zero-order valence-corrected chi connectivity index (χ0v) is 16.6. The second-order valence-corrected chi connectivity index (χ2v) is 7.38. The van der Waals surface area contributed by atoms with E-state index in [1.807, 2.05) is 84.3 Å². The van der Waals surface area contributed by atoms with Gasteiger partial charge in [0.25, 0.3) is 0 Å². The molecule has 4 rings (SSSR count). The van der Waals surface area contributed by atoms with Gasteiger partial charge in [-0.15, -0.1) is 0 Å². The predicted octanol–water partition coefficient (Wildman–Crippen LogP) is 5.22. The summed E-state index contributed by atoms with van der Waals surface area (Å²) in [6, 6.07) is 20.6. The van der Waals surface area contributed by atoms with Crippen LogP contribution in [0.4, 0.5) is 0 Å². The molecule has 0 saturated carbocycles. The predicted molar refractivity (Wildman–Crippen MR) is 112 cm³/mol. The lowest BCUT2D eigenvalue weighted by molar-refractivity contribution is -0.513. The van der Waals surface area contributed by atoms with Crippen LogP contribution in [0.5, 0.6) is 0 Å². The number of carbonyl (C=O) groups is 1. The molecule has 2 N–H and O–H groups in total. The molecule has 2 aromatic heterocycles. The van der Waals surface area contributed by atoms with E-state index in [2.05, 4.69) is 10.3 Å². The van der Waals surface area contributed by atoms with Gasteiger partial charge >= 0.3 is 11.7 Å². The van der Waals surface area contributed by atoms with Gasteiger partial charge in [-0.25, -0.2) is 4.98 Å². The standard InChI is InChI=1S/C22H17Cl2N3O/c1-14(17-9-2-3-10-18(17)24)25-22(28)21-26-20(15-7-6-8-16(23)13-15)19-11-4-5-12-27(19)21/h2-14H,1H3,(H,25,28)/p+1. The number of imidazole rings is 1. The highest BCUT2D eigenvalue weighted by molar-refractivity contribution is 6.31. The molecule has 0 saturated heterocycles. The molecular formula is C22H18Cl2N3O+. The molecule has 140 valence electrons. The third-order valence-electron chi connectivity index (χ3n) is 4.65. The quantitative estimate of drug-likeness (QED) is 0.445. The zero-order valence-electron chi connectivity index (χ0n) is 15.1. The molecule has 0 bridgehead atoms. The Kier molecular flexibility index (Phi) is 5.07. The van der Waals surface area contributed by atoms with Crippen molar-refractivity contribution in [3.05, 3.63) is 94.4 Å². The Morgan fingerprint density at radius 1 is 1.04 bits per heavy atom. The first-order valence-corrected chi connectivity index (χ1v) is 9.64. The normalized spacial score (nSPS) is 12.1.